The molecule has 0 bridgehead atoms. The lowest BCUT2D eigenvalue weighted by molar-refractivity contribution is 0.761. The summed E-state index contributed by atoms with van der Waals surface area (Å²) in [6.07, 6.45) is 3.63. The molecule has 0 spiro atoms. The third kappa shape index (κ3) is 3.71. The number of benzene rings is 1. The second kappa shape index (κ2) is 6.57. The minimum Gasteiger partial charge on any atom is -0.340 e. The molecule has 0 aliphatic carbocycles. The first kappa shape index (κ1) is 12.3. The Bertz CT molecular complexity index is 494. The Balaban J connectivity index is 2.01. The maximum atomic E-state index is 4.24. The Morgan fingerprint density at radius 1 is 1.17 bits per heavy atom. The molecule has 2 aromatic rings. The standard InChI is InChI=1S/C15H17N3/c1-2-9-16-12-13-6-5-7-14(11-13)18-15-8-3-4-10-17-15/h2-8,10-11,16H,1,9,12H2,(H,17,18). The Morgan fingerprint density at radius 3 is 2.89 bits per heavy atom. The molecule has 1 aromatic heterocycles. The van der Waals surface area contributed by atoms with Crippen molar-refractivity contribution in [2.24, 2.45) is 0 Å². The highest BCUT2D eigenvalue weighted by molar-refractivity contribution is 5.56. The average molecular weight is 239 g/mol. The molecule has 18 heavy (non-hydrogen) atoms. The van der Waals surface area contributed by atoms with Crippen molar-refractivity contribution in [2.45, 2.75) is 6.54 Å². The predicted octanol–water partition coefficient (Wildman–Crippen LogP) is 3.10. The lowest BCUT2D eigenvalue weighted by atomic mass is 10.2. The number of anilines is 2. The first-order chi connectivity index (χ1) is 8.88. The summed E-state index contributed by atoms with van der Waals surface area (Å²) in [5.74, 6) is 0.855. The van der Waals surface area contributed by atoms with E-state index in [1.54, 1.807) is 6.20 Å². The highest BCUT2D eigenvalue weighted by Crippen LogP contribution is 2.15. The van der Waals surface area contributed by atoms with Crippen molar-refractivity contribution in [3.05, 3.63) is 66.9 Å². The van der Waals surface area contributed by atoms with Gasteiger partial charge in [0.05, 0.1) is 0 Å². The van der Waals surface area contributed by atoms with Gasteiger partial charge in [0.25, 0.3) is 0 Å². The minimum atomic E-state index is 0.817. The summed E-state index contributed by atoms with van der Waals surface area (Å²) in [6.45, 7) is 5.34. The Morgan fingerprint density at radius 2 is 2.11 bits per heavy atom. The summed E-state index contributed by atoms with van der Waals surface area (Å²) in [4.78, 5) is 4.24. The van der Waals surface area contributed by atoms with Crippen LogP contribution in [0.15, 0.2) is 61.3 Å². The van der Waals surface area contributed by atoms with Crippen molar-refractivity contribution >= 4 is 11.5 Å². The third-order valence-electron chi connectivity index (χ3n) is 2.48. The van der Waals surface area contributed by atoms with Crippen molar-refractivity contribution < 1.29 is 0 Å². The van der Waals surface area contributed by atoms with Crippen molar-refractivity contribution in [3.63, 3.8) is 0 Å². The van der Waals surface area contributed by atoms with Crippen LogP contribution < -0.4 is 10.6 Å². The highest BCUT2D eigenvalue weighted by atomic mass is 15.0. The van der Waals surface area contributed by atoms with E-state index in [1.165, 1.54) is 5.56 Å². The SMILES string of the molecule is C=CCNCc1cccc(Nc2ccccn2)c1. The molecule has 0 unspecified atom stereocenters. The second-order valence-electron chi connectivity index (χ2n) is 3.96. The number of aromatic nitrogens is 1. The molecule has 2 N–H and O–H groups in total. The molecule has 1 aromatic carbocycles. The zero-order valence-corrected chi connectivity index (χ0v) is 10.3. The number of rotatable bonds is 6. The van der Waals surface area contributed by atoms with E-state index in [0.29, 0.717) is 0 Å². The summed E-state index contributed by atoms with van der Waals surface area (Å²) >= 11 is 0. The van der Waals surface area contributed by atoms with Gasteiger partial charge in [-0.1, -0.05) is 24.3 Å². The van der Waals surface area contributed by atoms with E-state index < -0.39 is 0 Å². The van der Waals surface area contributed by atoms with Crippen LogP contribution in [0.4, 0.5) is 11.5 Å². The molecule has 0 aliphatic heterocycles. The van der Waals surface area contributed by atoms with Gasteiger partial charge < -0.3 is 10.6 Å². The lowest BCUT2D eigenvalue weighted by Crippen LogP contribution is -2.12. The number of pyridine rings is 1. The molecule has 3 heteroatoms. The van der Waals surface area contributed by atoms with Crippen molar-refractivity contribution in [1.82, 2.24) is 10.3 Å². The minimum absolute atomic E-state index is 0.817. The zero-order valence-electron chi connectivity index (χ0n) is 10.3. The van der Waals surface area contributed by atoms with Crippen molar-refractivity contribution in [1.29, 1.82) is 0 Å². The summed E-state index contributed by atoms with van der Waals surface area (Å²) in [7, 11) is 0. The maximum Gasteiger partial charge on any atom is 0.130 e. The maximum absolute atomic E-state index is 4.24. The quantitative estimate of drug-likeness (QED) is 0.601. The summed E-state index contributed by atoms with van der Waals surface area (Å²) in [6, 6.07) is 14.1. The van der Waals surface area contributed by atoms with E-state index in [-0.39, 0.29) is 0 Å². The fraction of sp³-hybridized carbons (Fsp3) is 0.133. The van der Waals surface area contributed by atoms with Gasteiger partial charge in [-0.2, -0.15) is 0 Å². The van der Waals surface area contributed by atoms with E-state index in [1.807, 2.05) is 36.4 Å². The zero-order chi connectivity index (χ0) is 12.6. The number of hydrogen-bond donors (Lipinski definition) is 2. The van der Waals surface area contributed by atoms with Gasteiger partial charge in [0, 0.05) is 25.0 Å². The van der Waals surface area contributed by atoms with Crippen LogP contribution >= 0.6 is 0 Å². The van der Waals surface area contributed by atoms with E-state index in [0.717, 1.165) is 24.6 Å². The number of hydrogen-bond acceptors (Lipinski definition) is 3. The van der Waals surface area contributed by atoms with Crippen LogP contribution in [0.5, 0.6) is 0 Å². The van der Waals surface area contributed by atoms with Crippen LogP contribution in [0.2, 0.25) is 0 Å². The molecule has 1 heterocycles. The molecular weight excluding hydrogens is 222 g/mol. The topological polar surface area (TPSA) is 37.0 Å². The smallest absolute Gasteiger partial charge is 0.130 e. The molecule has 0 amide bonds. The summed E-state index contributed by atoms with van der Waals surface area (Å²) < 4.78 is 0. The largest absolute Gasteiger partial charge is 0.340 e. The number of nitrogens with one attached hydrogen (secondary N) is 2. The van der Waals surface area contributed by atoms with Crippen LogP contribution in [-0.2, 0) is 6.54 Å². The van der Waals surface area contributed by atoms with Crippen LogP contribution in [0, 0.1) is 0 Å². The average Bonchev–Trinajstić information content (AvgIpc) is 2.41. The Labute approximate surface area is 108 Å². The van der Waals surface area contributed by atoms with Gasteiger partial charge in [0.2, 0.25) is 0 Å². The highest BCUT2D eigenvalue weighted by Gasteiger charge is 1.97. The van der Waals surface area contributed by atoms with E-state index in [9.17, 15) is 0 Å². The fourth-order valence-corrected chi connectivity index (χ4v) is 1.66. The molecule has 2 rings (SSSR count). The van der Waals surface area contributed by atoms with Gasteiger partial charge in [0.1, 0.15) is 5.82 Å². The van der Waals surface area contributed by atoms with Gasteiger partial charge in [-0.15, -0.1) is 6.58 Å². The summed E-state index contributed by atoms with van der Waals surface area (Å²) in [5, 5.41) is 6.56. The van der Waals surface area contributed by atoms with Crippen LogP contribution in [0.1, 0.15) is 5.56 Å². The van der Waals surface area contributed by atoms with E-state index >= 15 is 0 Å². The molecule has 0 aliphatic rings. The first-order valence-electron chi connectivity index (χ1n) is 5.97. The van der Waals surface area contributed by atoms with Gasteiger partial charge in [-0.05, 0) is 29.8 Å². The molecule has 0 saturated heterocycles. The summed E-state index contributed by atoms with van der Waals surface area (Å²) in [5.41, 5.74) is 2.28. The normalized spacial score (nSPS) is 10.0. The molecular formula is C15H17N3. The number of nitrogens with zero attached hydrogens (tertiary/aromatic N) is 1. The van der Waals surface area contributed by atoms with Crippen molar-refractivity contribution in [2.75, 3.05) is 11.9 Å². The molecule has 3 nitrogen and oxygen atoms in total. The van der Waals surface area contributed by atoms with Crippen molar-refractivity contribution in [3.8, 4) is 0 Å². The molecule has 0 atom stereocenters. The van der Waals surface area contributed by atoms with Gasteiger partial charge >= 0.3 is 0 Å². The van der Waals surface area contributed by atoms with Gasteiger partial charge in [-0.3, -0.25) is 0 Å². The lowest BCUT2D eigenvalue weighted by Gasteiger charge is -2.08. The second-order valence-corrected chi connectivity index (χ2v) is 3.96. The van der Waals surface area contributed by atoms with Gasteiger partial charge in [0.15, 0.2) is 0 Å². The van der Waals surface area contributed by atoms with Gasteiger partial charge in [-0.25, -0.2) is 4.98 Å². The first-order valence-corrected chi connectivity index (χ1v) is 5.97. The van der Waals surface area contributed by atoms with E-state index in [2.05, 4.69) is 34.3 Å². The fourth-order valence-electron chi connectivity index (χ4n) is 1.66. The Hall–Kier alpha value is -2.13. The van der Waals surface area contributed by atoms with Crippen LogP contribution in [0.3, 0.4) is 0 Å². The molecule has 92 valence electrons. The molecule has 0 saturated carbocycles. The van der Waals surface area contributed by atoms with E-state index in [4.69, 9.17) is 0 Å². The predicted molar refractivity (Wildman–Crippen MR) is 75.9 cm³/mol. The van der Waals surface area contributed by atoms with Crippen LogP contribution in [-0.4, -0.2) is 11.5 Å². The Kier molecular flexibility index (Phi) is 4.50. The molecule has 0 radical (unpaired) electrons. The van der Waals surface area contributed by atoms with Crippen LogP contribution in [0.25, 0.3) is 0 Å². The third-order valence-corrected chi connectivity index (χ3v) is 2.48. The molecule has 0 fully saturated rings. The monoisotopic (exact) mass is 239 g/mol.